The largest absolute Gasteiger partial charge is 0.360 e. The molecule has 0 aromatic carbocycles. The number of aryl methyl sites for hydroxylation is 2. The Morgan fingerprint density at radius 1 is 1.30 bits per heavy atom. The molecule has 2 rings (SSSR count). The van der Waals surface area contributed by atoms with E-state index in [0.29, 0.717) is 0 Å². The lowest BCUT2D eigenvalue weighted by atomic mass is 10.1. The molecule has 0 saturated heterocycles. The number of hydrogen-bond donors (Lipinski definition) is 0. The summed E-state index contributed by atoms with van der Waals surface area (Å²) < 4.78 is 7.58. The van der Waals surface area contributed by atoms with Crippen molar-refractivity contribution in [3.05, 3.63) is 35.7 Å². The maximum absolute atomic E-state index is 5.62. The summed E-state index contributed by atoms with van der Waals surface area (Å²) >= 11 is 0. The summed E-state index contributed by atoms with van der Waals surface area (Å²) in [7, 11) is 1.74. The van der Waals surface area contributed by atoms with Crippen LogP contribution >= 0.6 is 0 Å². The number of ether oxygens (including phenoxy) is 1. The molecule has 0 radical (unpaired) electrons. The van der Waals surface area contributed by atoms with Crippen LogP contribution in [-0.4, -0.2) is 21.9 Å². The van der Waals surface area contributed by atoms with E-state index in [1.54, 1.807) is 7.11 Å². The third-order valence-electron chi connectivity index (χ3n) is 3.46. The highest BCUT2D eigenvalue weighted by molar-refractivity contribution is 5.58. The SMILES string of the molecule is CCCCC(OC)n1ncc(C)c1-c1cccc(C)n1. The number of rotatable bonds is 6. The summed E-state index contributed by atoms with van der Waals surface area (Å²) in [5.74, 6) is 0. The van der Waals surface area contributed by atoms with E-state index in [1.807, 2.05) is 36.0 Å². The van der Waals surface area contributed by atoms with E-state index >= 15 is 0 Å². The maximum Gasteiger partial charge on any atom is 0.150 e. The average molecular weight is 273 g/mol. The van der Waals surface area contributed by atoms with Gasteiger partial charge in [-0.2, -0.15) is 5.10 Å². The number of nitrogens with zero attached hydrogens (tertiary/aromatic N) is 3. The van der Waals surface area contributed by atoms with Gasteiger partial charge in [-0.3, -0.25) is 4.98 Å². The quantitative estimate of drug-likeness (QED) is 0.801. The summed E-state index contributed by atoms with van der Waals surface area (Å²) in [6.45, 7) is 6.25. The van der Waals surface area contributed by atoms with Crippen molar-refractivity contribution in [2.45, 2.75) is 46.3 Å². The van der Waals surface area contributed by atoms with Gasteiger partial charge in [-0.1, -0.05) is 19.4 Å². The van der Waals surface area contributed by atoms with Gasteiger partial charge in [-0.25, -0.2) is 4.68 Å². The van der Waals surface area contributed by atoms with Crippen molar-refractivity contribution in [1.82, 2.24) is 14.8 Å². The molecule has 0 amide bonds. The first-order valence-corrected chi connectivity index (χ1v) is 7.18. The van der Waals surface area contributed by atoms with Gasteiger partial charge in [0.05, 0.1) is 17.6 Å². The van der Waals surface area contributed by atoms with Gasteiger partial charge in [0.1, 0.15) is 0 Å². The second-order valence-electron chi connectivity index (χ2n) is 5.12. The van der Waals surface area contributed by atoms with Crippen LogP contribution in [0.15, 0.2) is 24.4 Å². The fraction of sp³-hybridized carbons (Fsp3) is 0.500. The average Bonchev–Trinajstić information content (AvgIpc) is 2.82. The van der Waals surface area contributed by atoms with Crippen LogP contribution in [0.3, 0.4) is 0 Å². The molecule has 0 spiro atoms. The number of aromatic nitrogens is 3. The molecule has 0 aliphatic heterocycles. The summed E-state index contributed by atoms with van der Waals surface area (Å²) in [5.41, 5.74) is 4.15. The minimum absolute atomic E-state index is 0.0269. The van der Waals surface area contributed by atoms with Gasteiger partial charge in [0.2, 0.25) is 0 Å². The third-order valence-corrected chi connectivity index (χ3v) is 3.46. The van der Waals surface area contributed by atoms with Crippen LogP contribution in [0, 0.1) is 13.8 Å². The highest BCUT2D eigenvalue weighted by Crippen LogP contribution is 2.27. The van der Waals surface area contributed by atoms with Crippen molar-refractivity contribution in [1.29, 1.82) is 0 Å². The van der Waals surface area contributed by atoms with Gasteiger partial charge >= 0.3 is 0 Å². The van der Waals surface area contributed by atoms with Crippen LogP contribution in [0.5, 0.6) is 0 Å². The van der Waals surface area contributed by atoms with E-state index in [2.05, 4.69) is 23.9 Å². The zero-order valence-corrected chi connectivity index (χ0v) is 12.8. The molecule has 0 N–H and O–H groups in total. The van der Waals surface area contributed by atoms with E-state index in [1.165, 1.54) is 0 Å². The molecular formula is C16H23N3O. The Kier molecular flexibility index (Phi) is 4.90. The predicted octanol–water partition coefficient (Wildman–Crippen LogP) is 3.90. The third kappa shape index (κ3) is 3.07. The number of hydrogen-bond acceptors (Lipinski definition) is 3. The molecule has 1 unspecified atom stereocenters. The van der Waals surface area contributed by atoms with Crippen molar-refractivity contribution >= 4 is 0 Å². The minimum atomic E-state index is -0.0269. The predicted molar refractivity (Wildman–Crippen MR) is 80.5 cm³/mol. The van der Waals surface area contributed by atoms with E-state index < -0.39 is 0 Å². The number of methoxy groups -OCH3 is 1. The van der Waals surface area contributed by atoms with E-state index in [9.17, 15) is 0 Å². The van der Waals surface area contributed by atoms with Gasteiger partial charge in [0.15, 0.2) is 6.23 Å². The van der Waals surface area contributed by atoms with E-state index in [-0.39, 0.29) is 6.23 Å². The Balaban J connectivity index is 2.40. The summed E-state index contributed by atoms with van der Waals surface area (Å²) in [6.07, 6.45) is 5.10. The molecule has 20 heavy (non-hydrogen) atoms. The van der Waals surface area contributed by atoms with Crippen LogP contribution in [0.2, 0.25) is 0 Å². The topological polar surface area (TPSA) is 39.9 Å². The fourth-order valence-corrected chi connectivity index (χ4v) is 2.38. The van der Waals surface area contributed by atoms with Gasteiger partial charge in [-0.05, 0) is 44.4 Å². The molecule has 2 aromatic rings. The lowest BCUT2D eigenvalue weighted by Gasteiger charge is -2.18. The van der Waals surface area contributed by atoms with Gasteiger partial charge in [0, 0.05) is 12.8 Å². The van der Waals surface area contributed by atoms with Gasteiger partial charge in [-0.15, -0.1) is 0 Å². The highest BCUT2D eigenvalue weighted by Gasteiger charge is 2.18. The smallest absolute Gasteiger partial charge is 0.150 e. The number of unbranched alkanes of at least 4 members (excludes halogenated alkanes) is 1. The lowest BCUT2D eigenvalue weighted by molar-refractivity contribution is 0.0265. The first-order valence-electron chi connectivity index (χ1n) is 7.18. The maximum atomic E-state index is 5.62. The Bertz CT molecular complexity index is 563. The van der Waals surface area contributed by atoms with Crippen molar-refractivity contribution in [3.8, 4) is 11.4 Å². The van der Waals surface area contributed by atoms with E-state index in [0.717, 1.165) is 41.9 Å². The van der Waals surface area contributed by atoms with Gasteiger partial charge < -0.3 is 4.74 Å². The first kappa shape index (κ1) is 14.7. The fourth-order valence-electron chi connectivity index (χ4n) is 2.38. The molecule has 0 saturated carbocycles. The first-order chi connectivity index (χ1) is 9.67. The molecule has 108 valence electrons. The molecular weight excluding hydrogens is 250 g/mol. The Hall–Kier alpha value is -1.68. The van der Waals surface area contributed by atoms with Crippen molar-refractivity contribution in [3.63, 3.8) is 0 Å². The Labute approximate surface area is 120 Å². The number of pyridine rings is 1. The molecule has 2 heterocycles. The molecule has 0 aliphatic carbocycles. The van der Waals surface area contributed by atoms with Crippen LogP contribution in [0.25, 0.3) is 11.4 Å². The van der Waals surface area contributed by atoms with E-state index in [4.69, 9.17) is 4.74 Å². The normalized spacial score (nSPS) is 12.6. The Morgan fingerprint density at radius 2 is 2.10 bits per heavy atom. The molecule has 4 nitrogen and oxygen atoms in total. The molecule has 1 atom stereocenters. The molecule has 0 aliphatic rings. The van der Waals surface area contributed by atoms with Crippen molar-refractivity contribution < 1.29 is 4.74 Å². The zero-order chi connectivity index (χ0) is 14.5. The molecule has 4 heteroatoms. The van der Waals surface area contributed by atoms with Crippen molar-refractivity contribution in [2.75, 3.05) is 7.11 Å². The lowest BCUT2D eigenvalue weighted by Crippen LogP contribution is -2.14. The van der Waals surface area contributed by atoms with Gasteiger partial charge in [0.25, 0.3) is 0 Å². The van der Waals surface area contributed by atoms with Crippen LogP contribution in [0.1, 0.15) is 43.7 Å². The summed E-state index contributed by atoms with van der Waals surface area (Å²) in [4.78, 5) is 4.62. The van der Waals surface area contributed by atoms with Crippen molar-refractivity contribution in [2.24, 2.45) is 0 Å². The molecule has 0 fully saturated rings. The second kappa shape index (κ2) is 6.66. The summed E-state index contributed by atoms with van der Waals surface area (Å²) in [6, 6.07) is 6.06. The molecule has 2 aromatic heterocycles. The summed E-state index contributed by atoms with van der Waals surface area (Å²) in [5, 5.41) is 4.50. The molecule has 0 bridgehead atoms. The minimum Gasteiger partial charge on any atom is -0.360 e. The van der Waals surface area contributed by atoms with Crippen LogP contribution < -0.4 is 0 Å². The standard InChI is InChI=1S/C16H23N3O/c1-5-6-10-15(20-4)19-16(12(2)11-17-19)14-9-7-8-13(3)18-14/h7-9,11,15H,5-6,10H2,1-4H3. The Morgan fingerprint density at radius 3 is 2.75 bits per heavy atom. The van der Waals surface area contributed by atoms with Crippen LogP contribution in [-0.2, 0) is 4.74 Å². The van der Waals surface area contributed by atoms with Crippen LogP contribution in [0.4, 0.5) is 0 Å². The monoisotopic (exact) mass is 273 g/mol. The second-order valence-corrected chi connectivity index (χ2v) is 5.12. The highest BCUT2D eigenvalue weighted by atomic mass is 16.5. The zero-order valence-electron chi connectivity index (χ0n) is 12.8.